The van der Waals surface area contributed by atoms with Crippen LogP contribution >= 0.6 is 0 Å². The van der Waals surface area contributed by atoms with E-state index in [0.717, 1.165) is 0 Å². The highest BCUT2D eigenvalue weighted by atomic mass is 19.1. The Labute approximate surface area is 71.5 Å². The second-order valence-corrected chi connectivity index (χ2v) is 3.31. The van der Waals surface area contributed by atoms with Crippen LogP contribution in [0.15, 0.2) is 0 Å². The fourth-order valence-electron chi connectivity index (χ4n) is 1.59. The van der Waals surface area contributed by atoms with Crippen LogP contribution in [0.25, 0.3) is 0 Å². The zero-order valence-corrected chi connectivity index (χ0v) is 7.42. The van der Waals surface area contributed by atoms with E-state index in [9.17, 15) is 9.18 Å². The molecule has 70 valence electrons. The van der Waals surface area contributed by atoms with Crippen molar-refractivity contribution in [1.29, 1.82) is 0 Å². The molecule has 1 aliphatic heterocycles. The number of rotatable bonds is 2. The Balaban J connectivity index is 2.38. The number of nitrogens with zero attached hydrogens (tertiary/aromatic N) is 1. The maximum Gasteiger partial charge on any atom is 0.315 e. The molecule has 0 amide bonds. The van der Waals surface area contributed by atoms with Gasteiger partial charge < -0.3 is 4.74 Å². The monoisotopic (exact) mass is 175 g/mol. The van der Waals surface area contributed by atoms with E-state index in [0.29, 0.717) is 13.1 Å². The van der Waals surface area contributed by atoms with Crippen LogP contribution in [0.1, 0.15) is 13.8 Å². The van der Waals surface area contributed by atoms with Gasteiger partial charge in [-0.1, -0.05) is 0 Å². The SMILES string of the molecule is CC1CN(CC(=O)F)CC(C)O1. The van der Waals surface area contributed by atoms with Gasteiger partial charge in [0.1, 0.15) is 0 Å². The Morgan fingerprint density at radius 1 is 1.50 bits per heavy atom. The zero-order chi connectivity index (χ0) is 9.14. The van der Waals surface area contributed by atoms with E-state index in [1.807, 2.05) is 13.8 Å². The third-order valence-corrected chi connectivity index (χ3v) is 1.84. The van der Waals surface area contributed by atoms with E-state index in [2.05, 4.69) is 0 Å². The maximum absolute atomic E-state index is 12.0. The molecule has 4 heteroatoms. The van der Waals surface area contributed by atoms with Crippen LogP contribution in [-0.4, -0.2) is 42.8 Å². The van der Waals surface area contributed by atoms with Crippen LogP contribution in [0, 0.1) is 0 Å². The molecule has 0 saturated carbocycles. The molecule has 0 radical (unpaired) electrons. The van der Waals surface area contributed by atoms with Crippen molar-refractivity contribution in [3.63, 3.8) is 0 Å². The summed E-state index contributed by atoms with van der Waals surface area (Å²) in [6, 6.07) is -1.27. The van der Waals surface area contributed by atoms with Gasteiger partial charge in [-0.05, 0) is 13.8 Å². The van der Waals surface area contributed by atoms with Gasteiger partial charge in [-0.2, -0.15) is 4.39 Å². The molecular formula is C8H14FNO2. The van der Waals surface area contributed by atoms with Gasteiger partial charge in [0.15, 0.2) is 0 Å². The standard InChI is InChI=1S/C8H14FNO2/c1-6-3-10(5-8(9)11)4-7(2)12-6/h6-7H,3-5H2,1-2H3. The quantitative estimate of drug-likeness (QED) is 0.575. The van der Waals surface area contributed by atoms with Crippen molar-refractivity contribution in [2.45, 2.75) is 26.1 Å². The minimum atomic E-state index is -1.27. The first-order valence-electron chi connectivity index (χ1n) is 4.14. The largest absolute Gasteiger partial charge is 0.373 e. The lowest BCUT2D eigenvalue weighted by atomic mass is 10.2. The van der Waals surface area contributed by atoms with Crippen LogP contribution < -0.4 is 0 Å². The van der Waals surface area contributed by atoms with Crippen molar-refractivity contribution in [3.8, 4) is 0 Å². The van der Waals surface area contributed by atoms with Gasteiger partial charge in [0, 0.05) is 13.1 Å². The summed E-state index contributed by atoms with van der Waals surface area (Å²) in [5.41, 5.74) is 0. The van der Waals surface area contributed by atoms with Crippen molar-refractivity contribution < 1.29 is 13.9 Å². The van der Waals surface area contributed by atoms with Gasteiger partial charge in [0.05, 0.1) is 18.8 Å². The second-order valence-electron chi connectivity index (χ2n) is 3.31. The fourth-order valence-corrected chi connectivity index (χ4v) is 1.59. The molecule has 0 aromatic rings. The summed E-state index contributed by atoms with van der Waals surface area (Å²) in [6.07, 6.45) is 0.182. The minimum Gasteiger partial charge on any atom is -0.373 e. The molecule has 0 N–H and O–H groups in total. The van der Waals surface area contributed by atoms with Crippen LogP contribution in [0.2, 0.25) is 0 Å². The van der Waals surface area contributed by atoms with Crippen LogP contribution in [0.5, 0.6) is 0 Å². The second kappa shape index (κ2) is 3.96. The molecule has 1 rings (SSSR count). The molecule has 3 nitrogen and oxygen atoms in total. The summed E-state index contributed by atoms with van der Waals surface area (Å²) in [5.74, 6) is 0. The highest BCUT2D eigenvalue weighted by Gasteiger charge is 2.23. The molecular weight excluding hydrogens is 161 g/mol. The van der Waals surface area contributed by atoms with Crippen LogP contribution in [-0.2, 0) is 9.53 Å². The third kappa shape index (κ3) is 2.87. The van der Waals surface area contributed by atoms with Gasteiger partial charge in [-0.25, -0.2) is 0 Å². The van der Waals surface area contributed by atoms with E-state index in [1.165, 1.54) is 0 Å². The zero-order valence-electron chi connectivity index (χ0n) is 7.42. The number of hydrogen-bond donors (Lipinski definition) is 0. The van der Waals surface area contributed by atoms with E-state index in [1.54, 1.807) is 4.90 Å². The molecule has 12 heavy (non-hydrogen) atoms. The van der Waals surface area contributed by atoms with Gasteiger partial charge in [-0.3, -0.25) is 9.69 Å². The van der Waals surface area contributed by atoms with Crippen LogP contribution in [0.4, 0.5) is 4.39 Å². The predicted octanol–water partition coefficient (Wildman–Crippen LogP) is 0.592. The van der Waals surface area contributed by atoms with Crippen molar-refractivity contribution in [2.24, 2.45) is 0 Å². The summed E-state index contributed by atoms with van der Waals surface area (Å²) in [7, 11) is 0. The van der Waals surface area contributed by atoms with Crippen molar-refractivity contribution in [2.75, 3.05) is 19.6 Å². The average Bonchev–Trinajstić information content (AvgIpc) is 1.81. The lowest BCUT2D eigenvalue weighted by Crippen LogP contribution is -2.46. The number of carbonyl (C=O) groups excluding carboxylic acids is 1. The number of ether oxygens (including phenoxy) is 1. The molecule has 1 aliphatic rings. The Kier molecular flexibility index (Phi) is 3.17. The first kappa shape index (κ1) is 9.61. The summed E-state index contributed by atoms with van der Waals surface area (Å²) >= 11 is 0. The molecule has 1 heterocycles. The van der Waals surface area contributed by atoms with E-state index in [4.69, 9.17) is 4.74 Å². The molecule has 1 fully saturated rings. The summed E-state index contributed by atoms with van der Waals surface area (Å²) in [5, 5.41) is 0. The predicted molar refractivity (Wildman–Crippen MR) is 42.6 cm³/mol. The Morgan fingerprint density at radius 3 is 2.42 bits per heavy atom. The molecule has 1 saturated heterocycles. The first-order valence-corrected chi connectivity index (χ1v) is 4.14. The Morgan fingerprint density at radius 2 is 2.00 bits per heavy atom. The molecule has 0 bridgehead atoms. The summed E-state index contributed by atoms with van der Waals surface area (Å²) in [4.78, 5) is 12.0. The number of carbonyl (C=O) groups is 1. The normalized spacial score (nSPS) is 31.9. The Bertz CT molecular complexity index is 164. The van der Waals surface area contributed by atoms with Crippen molar-refractivity contribution in [3.05, 3.63) is 0 Å². The molecule has 0 aromatic heterocycles. The molecule has 0 aliphatic carbocycles. The molecule has 2 atom stereocenters. The molecule has 2 unspecified atom stereocenters. The summed E-state index contributed by atoms with van der Waals surface area (Å²) < 4.78 is 17.4. The van der Waals surface area contributed by atoms with E-state index >= 15 is 0 Å². The highest BCUT2D eigenvalue weighted by Crippen LogP contribution is 2.09. The average molecular weight is 175 g/mol. The molecule has 0 spiro atoms. The first-order chi connectivity index (χ1) is 5.58. The van der Waals surface area contributed by atoms with Gasteiger partial charge in [-0.15, -0.1) is 0 Å². The van der Waals surface area contributed by atoms with Gasteiger partial charge in [0.2, 0.25) is 0 Å². The van der Waals surface area contributed by atoms with Crippen LogP contribution in [0.3, 0.4) is 0 Å². The summed E-state index contributed by atoms with van der Waals surface area (Å²) in [6.45, 7) is 5.02. The van der Waals surface area contributed by atoms with Crippen molar-refractivity contribution >= 4 is 6.04 Å². The van der Waals surface area contributed by atoms with E-state index < -0.39 is 6.04 Å². The van der Waals surface area contributed by atoms with E-state index in [-0.39, 0.29) is 18.8 Å². The highest BCUT2D eigenvalue weighted by molar-refractivity contribution is 5.70. The van der Waals surface area contributed by atoms with Gasteiger partial charge in [0.25, 0.3) is 0 Å². The number of morpholine rings is 1. The third-order valence-electron chi connectivity index (χ3n) is 1.84. The smallest absolute Gasteiger partial charge is 0.315 e. The lowest BCUT2D eigenvalue weighted by Gasteiger charge is -2.34. The topological polar surface area (TPSA) is 29.5 Å². The number of hydrogen-bond acceptors (Lipinski definition) is 3. The minimum absolute atomic E-state index is 0.0908. The van der Waals surface area contributed by atoms with Crippen molar-refractivity contribution in [1.82, 2.24) is 4.90 Å². The van der Waals surface area contributed by atoms with Gasteiger partial charge >= 0.3 is 6.04 Å². The molecule has 0 aromatic carbocycles. The fraction of sp³-hybridized carbons (Fsp3) is 0.875. The lowest BCUT2D eigenvalue weighted by molar-refractivity contribution is -0.134. The Hall–Kier alpha value is -0.480. The number of halogens is 1. The maximum atomic E-state index is 12.0.